The number of anilines is 1. The van der Waals surface area contributed by atoms with Crippen LogP contribution in [-0.4, -0.2) is 24.9 Å². The molecule has 0 spiro atoms. The van der Waals surface area contributed by atoms with Gasteiger partial charge in [-0.3, -0.25) is 9.59 Å². The lowest BCUT2D eigenvalue weighted by atomic mass is 10.1. The summed E-state index contributed by atoms with van der Waals surface area (Å²) in [7, 11) is 1.49. The lowest BCUT2D eigenvalue weighted by Gasteiger charge is -2.15. The largest absolute Gasteiger partial charge is 0.495 e. The number of fused-ring (bicyclic) bond motifs is 1. The molecule has 0 aliphatic rings. The molecule has 0 radical (unpaired) electrons. The maximum absolute atomic E-state index is 13.3. The van der Waals surface area contributed by atoms with Gasteiger partial charge >= 0.3 is 0 Å². The number of methoxy groups -OCH3 is 1. The zero-order valence-corrected chi connectivity index (χ0v) is 20.2. The van der Waals surface area contributed by atoms with E-state index >= 15 is 0 Å². The van der Waals surface area contributed by atoms with Crippen molar-refractivity contribution >= 4 is 51.5 Å². The quantitative estimate of drug-likeness (QED) is 0.287. The number of carbonyl (C=O) groups is 2. The van der Waals surface area contributed by atoms with Gasteiger partial charge < -0.3 is 19.2 Å². The van der Waals surface area contributed by atoms with Crippen molar-refractivity contribution in [3.8, 4) is 11.5 Å². The Labute approximate surface area is 206 Å². The second kappa shape index (κ2) is 9.79. The van der Waals surface area contributed by atoms with Crippen LogP contribution in [0.3, 0.4) is 0 Å². The Bertz CT molecular complexity index is 1400. The minimum Gasteiger partial charge on any atom is -0.495 e. The number of furan rings is 1. The molecule has 0 fully saturated rings. The predicted octanol–water partition coefficient (Wildman–Crippen LogP) is 6.69. The standard InChI is InChI=1S/C26H21Cl2NO5/c1-14-12-17(9-10-19(14)27)33-15(2)26(31)29-23-18-6-4-5-7-21(18)34-25(23)24(30)16-8-11-22(32-3)20(28)13-16/h4-13,15H,1-3H3,(H,29,31). The predicted molar refractivity (Wildman–Crippen MR) is 133 cm³/mol. The van der Waals surface area contributed by atoms with E-state index in [4.69, 9.17) is 37.1 Å². The molecule has 0 saturated heterocycles. The van der Waals surface area contributed by atoms with Gasteiger partial charge in [-0.1, -0.05) is 35.3 Å². The van der Waals surface area contributed by atoms with Gasteiger partial charge in [0.1, 0.15) is 17.1 Å². The molecule has 1 unspecified atom stereocenters. The number of hydrogen-bond acceptors (Lipinski definition) is 5. The summed E-state index contributed by atoms with van der Waals surface area (Å²) in [5.41, 5.74) is 1.85. The van der Waals surface area contributed by atoms with E-state index < -0.39 is 17.8 Å². The number of halogens is 2. The first-order valence-electron chi connectivity index (χ1n) is 10.4. The lowest BCUT2D eigenvalue weighted by molar-refractivity contribution is -0.122. The molecule has 4 rings (SSSR count). The van der Waals surface area contributed by atoms with E-state index in [0.29, 0.717) is 33.1 Å². The lowest BCUT2D eigenvalue weighted by Crippen LogP contribution is -2.30. The summed E-state index contributed by atoms with van der Waals surface area (Å²) in [5.74, 6) is 0.0646. The first-order chi connectivity index (χ1) is 16.3. The molecule has 0 aliphatic heterocycles. The van der Waals surface area contributed by atoms with Gasteiger partial charge in [-0.2, -0.15) is 0 Å². The monoisotopic (exact) mass is 497 g/mol. The second-order valence-corrected chi connectivity index (χ2v) is 8.46. The molecule has 1 aromatic heterocycles. The summed E-state index contributed by atoms with van der Waals surface area (Å²) in [6, 6.07) is 16.9. The molecule has 4 aromatic rings. The molecular weight excluding hydrogens is 477 g/mol. The highest BCUT2D eigenvalue weighted by Gasteiger charge is 2.26. The van der Waals surface area contributed by atoms with Gasteiger partial charge in [-0.15, -0.1) is 0 Å². The van der Waals surface area contributed by atoms with Crippen LogP contribution in [0.15, 0.2) is 65.1 Å². The number of carbonyl (C=O) groups excluding carboxylic acids is 2. The van der Waals surface area contributed by atoms with E-state index in [9.17, 15) is 9.59 Å². The smallest absolute Gasteiger partial charge is 0.265 e. The zero-order chi connectivity index (χ0) is 24.4. The molecular formula is C26H21Cl2NO5. The Morgan fingerprint density at radius 3 is 2.47 bits per heavy atom. The first-order valence-corrected chi connectivity index (χ1v) is 11.2. The van der Waals surface area contributed by atoms with Gasteiger partial charge in [0.15, 0.2) is 11.9 Å². The molecule has 0 bridgehead atoms. The van der Waals surface area contributed by atoms with Crippen LogP contribution >= 0.6 is 23.2 Å². The van der Waals surface area contributed by atoms with Crippen molar-refractivity contribution in [3.63, 3.8) is 0 Å². The average molecular weight is 498 g/mol. The third-order valence-corrected chi connectivity index (χ3v) is 5.99. The minimum atomic E-state index is -0.854. The van der Waals surface area contributed by atoms with Crippen LogP contribution in [0, 0.1) is 6.92 Å². The number of ketones is 1. The van der Waals surface area contributed by atoms with Crippen molar-refractivity contribution in [1.29, 1.82) is 0 Å². The number of amides is 1. The Balaban J connectivity index is 1.64. The van der Waals surface area contributed by atoms with Gasteiger partial charge in [0.2, 0.25) is 5.78 Å². The summed E-state index contributed by atoms with van der Waals surface area (Å²) in [6.45, 7) is 3.47. The Hall–Kier alpha value is -3.48. The number of rotatable bonds is 7. The third-order valence-electron chi connectivity index (χ3n) is 5.28. The maximum Gasteiger partial charge on any atom is 0.265 e. The summed E-state index contributed by atoms with van der Waals surface area (Å²) in [5, 5.41) is 4.29. The van der Waals surface area contributed by atoms with Crippen LogP contribution in [0.5, 0.6) is 11.5 Å². The normalized spacial score (nSPS) is 11.8. The molecule has 3 aromatic carbocycles. The molecule has 0 aliphatic carbocycles. The number of para-hydroxylation sites is 1. The van der Waals surface area contributed by atoms with Gasteiger partial charge in [0.05, 0.1) is 17.8 Å². The molecule has 1 atom stereocenters. The summed E-state index contributed by atoms with van der Waals surface area (Å²) in [6.07, 6.45) is -0.854. The number of aryl methyl sites for hydroxylation is 1. The molecule has 1 N–H and O–H groups in total. The van der Waals surface area contributed by atoms with Crippen LogP contribution in [0.25, 0.3) is 11.0 Å². The highest BCUT2D eigenvalue weighted by Crippen LogP contribution is 2.34. The van der Waals surface area contributed by atoms with E-state index in [1.807, 2.05) is 6.92 Å². The minimum absolute atomic E-state index is 0.00896. The SMILES string of the molecule is COc1ccc(C(=O)c2oc3ccccc3c2NC(=O)C(C)Oc2ccc(Cl)c(C)c2)cc1Cl. The van der Waals surface area contributed by atoms with E-state index in [1.165, 1.54) is 13.2 Å². The van der Waals surface area contributed by atoms with E-state index in [-0.39, 0.29) is 16.5 Å². The van der Waals surface area contributed by atoms with Gasteiger partial charge in [-0.05, 0) is 67.9 Å². The van der Waals surface area contributed by atoms with Crippen molar-refractivity contribution in [2.75, 3.05) is 12.4 Å². The van der Waals surface area contributed by atoms with Crippen LogP contribution in [-0.2, 0) is 4.79 Å². The average Bonchev–Trinajstić information content (AvgIpc) is 3.19. The topological polar surface area (TPSA) is 77.8 Å². The second-order valence-electron chi connectivity index (χ2n) is 7.64. The highest BCUT2D eigenvalue weighted by molar-refractivity contribution is 6.32. The zero-order valence-electron chi connectivity index (χ0n) is 18.6. The van der Waals surface area contributed by atoms with Crippen LogP contribution < -0.4 is 14.8 Å². The molecule has 8 heteroatoms. The fraction of sp³-hybridized carbons (Fsp3) is 0.154. The van der Waals surface area contributed by atoms with Crippen molar-refractivity contribution in [2.24, 2.45) is 0 Å². The third kappa shape index (κ3) is 4.74. The van der Waals surface area contributed by atoms with Crippen molar-refractivity contribution < 1.29 is 23.5 Å². The van der Waals surface area contributed by atoms with Crippen molar-refractivity contribution in [2.45, 2.75) is 20.0 Å². The Kier molecular flexibility index (Phi) is 6.82. The number of ether oxygens (including phenoxy) is 2. The fourth-order valence-electron chi connectivity index (χ4n) is 3.44. The van der Waals surface area contributed by atoms with Crippen LogP contribution in [0.2, 0.25) is 10.0 Å². The van der Waals surface area contributed by atoms with Crippen molar-refractivity contribution in [3.05, 3.63) is 87.6 Å². The van der Waals surface area contributed by atoms with Crippen molar-refractivity contribution in [1.82, 2.24) is 0 Å². The molecule has 34 heavy (non-hydrogen) atoms. The summed E-state index contributed by atoms with van der Waals surface area (Å²) >= 11 is 12.3. The fourth-order valence-corrected chi connectivity index (χ4v) is 3.82. The van der Waals surface area contributed by atoms with Crippen LogP contribution in [0.4, 0.5) is 5.69 Å². The Morgan fingerprint density at radius 1 is 1.00 bits per heavy atom. The number of hydrogen-bond donors (Lipinski definition) is 1. The van der Waals surface area contributed by atoms with E-state index in [1.54, 1.807) is 61.5 Å². The van der Waals surface area contributed by atoms with E-state index in [0.717, 1.165) is 5.56 Å². The molecule has 174 valence electrons. The van der Waals surface area contributed by atoms with Gasteiger partial charge in [-0.25, -0.2) is 0 Å². The van der Waals surface area contributed by atoms with Crippen LogP contribution in [0.1, 0.15) is 28.6 Å². The summed E-state index contributed by atoms with van der Waals surface area (Å²) in [4.78, 5) is 26.3. The molecule has 6 nitrogen and oxygen atoms in total. The van der Waals surface area contributed by atoms with Gasteiger partial charge in [0.25, 0.3) is 5.91 Å². The maximum atomic E-state index is 13.3. The number of benzene rings is 3. The molecule has 1 heterocycles. The molecule has 0 saturated carbocycles. The first kappa shape index (κ1) is 23.7. The highest BCUT2D eigenvalue weighted by atomic mass is 35.5. The van der Waals surface area contributed by atoms with Gasteiger partial charge in [0, 0.05) is 16.0 Å². The molecule has 1 amide bonds. The van der Waals surface area contributed by atoms with E-state index in [2.05, 4.69) is 5.32 Å². The Morgan fingerprint density at radius 2 is 1.76 bits per heavy atom. The summed E-state index contributed by atoms with van der Waals surface area (Å²) < 4.78 is 16.8. The number of nitrogens with one attached hydrogen (secondary N) is 1.